The van der Waals surface area contributed by atoms with E-state index in [2.05, 4.69) is 0 Å². The van der Waals surface area contributed by atoms with Gasteiger partial charge in [-0.25, -0.2) is 0 Å². The molecule has 5 nitrogen and oxygen atoms in total. The number of rotatable bonds is 7. The summed E-state index contributed by atoms with van der Waals surface area (Å²) >= 11 is 0. The highest BCUT2D eigenvalue weighted by Gasteiger charge is 2.23. The molecule has 0 aliphatic rings. The lowest BCUT2D eigenvalue weighted by Crippen LogP contribution is -2.34. The van der Waals surface area contributed by atoms with Crippen molar-refractivity contribution in [1.29, 1.82) is 0 Å². The van der Waals surface area contributed by atoms with Gasteiger partial charge in [0.1, 0.15) is 6.04 Å². The molecule has 0 aliphatic heterocycles. The van der Waals surface area contributed by atoms with Crippen LogP contribution in [0, 0.1) is 5.92 Å². The highest BCUT2D eigenvalue weighted by atomic mass is 16.4. The van der Waals surface area contributed by atoms with E-state index in [0.29, 0.717) is 0 Å². The highest BCUT2D eigenvalue weighted by molar-refractivity contribution is 5.84. The minimum atomic E-state index is -1.19. The second-order valence-corrected chi connectivity index (χ2v) is 5.46. The van der Waals surface area contributed by atoms with Gasteiger partial charge in [-0.15, -0.1) is 0 Å². The van der Waals surface area contributed by atoms with E-state index in [0.717, 1.165) is 16.3 Å². The van der Waals surface area contributed by atoms with Crippen molar-refractivity contribution in [2.24, 2.45) is 11.7 Å². The van der Waals surface area contributed by atoms with Crippen molar-refractivity contribution < 1.29 is 19.8 Å². The summed E-state index contributed by atoms with van der Waals surface area (Å²) < 4.78 is 0. The van der Waals surface area contributed by atoms with Crippen LogP contribution in [-0.4, -0.2) is 28.2 Å². The predicted octanol–water partition coefficient (Wildman–Crippen LogP) is 2.75. The fraction of sp³-hybridized carbons (Fsp3) is 0.222. The van der Waals surface area contributed by atoms with E-state index in [-0.39, 0.29) is 12.8 Å². The van der Waals surface area contributed by atoms with Crippen LogP contribution in [0.1, 0.15) is 18.4 Å². The normalized spacial score (nSPS) is 14.0. The average molecular weight is 313 g/mol. The summed E-state index contributed by atoms with van der Waals surface area (Å²) in [6, 6.07) is 12.8. The largest absolute Gasteiger partial charge is 0.481 e. The monoisotopic (exact) mass is 313 g/mol. The second-order valence-electron chi connectivity index (χ2n) is 5.46. The van der Waals surface area contributed by atoms with Gasteiger partial charge in [0, 0.05) is 0 Å². The van der Waals surface area contributed by atoms with Gasteiger partial charge in [-0.2, -0.15) is 0 Å². The molecular formula is C18H19NO4. The second kappa shape index (κ2) is 7.56. The maximum Gasteiger partial charge on any atom is 0.320 e. The maximum absolute atomic E-state index is 11.2. The van der Waals surface area contributed by atoms with Crippen LogP contribution >= 0.6 is 0 Å². The number of benzene rings is 2. The van der Waals surface area contributed by atoms with Crippen molar-refractivity contribution in [2.75, 3.05) is 0 Å². The van der Waals surface area contributed by atoms with Gasteiger partial charge >= 0.3 is 11.9 Å². The number of fused-ring (bicyclic) bond motifs is 1. The topological polar surface area (TPSA) is 101 Å². The minimum Gasteiger partial charge on any atom is -0.481 e. The van der Waals surface area contributed by atoms with Crippen LogP contribution in [0.4, 0.5) is 0 Å². The molecule has 0 fully saturated rings. The van der Waals surface area contributed by atoms with Gasteiger partial charge in [0.25, 0.3) is 0 Å². The summed E-state index contributed by atoms with van der Waals surface area (Å²) in [5.41, 5.74) is 6.38. The van der Waals surface area contributed by atoms with E-state index in [9.17, 15) is 9.59 Å². The summed E-state index contributed by atoms with van der Waals surface area (Å²) in [5, 5.41) is 20.2. The molecule has 4 N–H and O–H groups in total. The number of hydrogen-bond acceptors (Lipinski definition) is 3. The predicted molar refractivity (Wildman–Crippen MR) is 89.0 cm³/mol. The van der Waals surface area contributed by atoms with Gasteiger partial charge < -0.3 is 15.9 Å². The zero-order valence-corrected chi connectivity index (χ0v) is 12.6. The van der Waals surface area contributed by atoms with Crippen molar-refractivity contribution in [2.45, 2.75) is 18.9 Å². The van der Waals surface area contributed by atoms with Gasteiger partial charge in [0.05, 0.1) is 5.92 Å². The summed E-state index contributed by atoms with van der Waals surface area (Å²) in [6.45, 7) is 0. The van der Waals surface area contributed by atoms with E-state index in [1.165, 1.54) is 0 Å². The first-order valence-corrected chi connectivity index (χ1v) is 7.34. The van der Waals surface area contributed by atoms with Crippen LogP contribution in [0.25, 0.3) is 16.8 Å². The first kappa shape index (κ1) is 16.7. The molecule has 0 aliphatic carbocycles. The fourth-order valence-electron chi connectivity index (χ4n) is 2.39. The summed E-state index contributed by atoms with van der Waals surface area (Å²) in [4.78, 5) is 21.9. The first-order chi connectivity index (χ1) is 11.0. The van der Waals surface area contributed by atoms with Crippen LogP contribution in [0.3, 0.4) is 0 Å². The zero-order valence-electron chi connectivity index (χ0n) is 12.6. The van der Waals surface area contributed by atoms with Crippen molar-refractivity contribution in [3.8, 4) is 0 Å². The highest BCUT2D eigenvalue weighted by Crippen LogP contribution is 2.18. The van der Waals surface area contributed by atoms with Gasteiger partial charge in [0.15, 0.2) is 0 Å². The third-order valence-corrected chi connectivity index (χ3v) is 3.71. The third kappa shape index (κ3) is 4.66. The Kier molecular flexibility index (Phi) is 5.49. The molecule has 120 valence electrons. The molecule has 5 heteroatoms. The standard InChI is InChI=1S/C18H19NO4/c19-16(18(22)23)11-15(17(20)21)7-3-4-12-8-9-13-5-1-2-6-14(13)10-12/h1-6,8-10,15-16H,7,11,19H2,(H,20,21)(H,22,23)/b4-3+/t15-,16+/m0/s1. The van der Waals surface area contributed by atoms with Crippen LogP contribution in [0.2, 0.25) is 0 Å². The molecule has 0 radical (unpaired) electrons. The van der Waals surface area contributed by atoms with E-state index in [1.807, 2.05) is 48.5 Å². The molecule has 0 aromatic heterocycles. The van der Waals surface area contributed by atoms with E-state index < -0.39 is 23.9 Å². The quantitative estimate of drug-likeness (QED) is 0.729. The molecule has 0 spiro atoms. The number of carboxylic acids is 2. The smallest absolute Gasteiger partial charge is 0.320 e. The molecular weight excluding hydrogens is 294 g/mol. The number of allylic oxidation sites excluding steroid dienone is 1. The number of carbonyl (C=O) groups is 2. The molecule has 0 saturated carbocycles. The van der Waals surface area contributed by atoms with Gasteiger partial charge in [-0.05, 0) is 35.2 Å². The van der Waals surface area contributed by atoms with Crippen LogP contribution < -0.4 is 5.73 Å². The number of aliphatic carboxylic acids is 2. The van der Waals surface area contributed by atoms with E-state index >= 15 is 0 Å². The zero-order chi connectivity index (χ0) is 16.8. The Balaban J connectivity index is 2.04. The summed E-state index contributed by atoms with van der Waals surface area (Å²) in [5.74, 6) is -3.03. The Morgan fingerprint density at radius 2 is 1.74 bits per heavy atom. The van der Waals surface area contributed by atoms with Gasteiger partial charge in [-0.3, -0.25) is 9.59 Å². The molecule has 23 heavy (non-hydrogen) atoms. The molecule has 2 rings (SSSR count). The molecule has 2 aromatic rings. The lowest BCUT2D eigenvalue weighted by molar-refractivity contribution is -0.143. The number of nitrogens with two attached hydrogens (primary N) is 1. The molecule has 0 unspecified atom stereocenters. The molecule has 0 heterocycles. The van der Waals surface area contributed by atoms with E-state index in [1.54, 1.807) is 6.08 Å². The van der Waals surface area contributed by atoms with Crippen LogP contribution in [-0.2, 0) is 9.59 Å². The lowest BCUT2D eigenvalue weighted by Gasteiger charge is -2.12. The molecule has 2 aromatic carbocycles. The summed E-state index contributed by atoms with van der Waals surface area (Å²) in [6.07, 6.45) is 3.74. The Hall–Kier alpha value is -2.66. The Bertz CT molecular complexity index is 739. The number of hydrogen-bond donors (Lipinski definition) is 3. The maximum atomic E-state index is 11.2. The SMILES string of the molecule is N[C@H](C[C@H](C/C=C/c1ccc2ccccc2c1)C(=O)O)C(=O)O. The van der Waals surface area contributed by atoms with Crippen LogP contribution in [0.15, 0.2) is 48.5 Å². The lowest BCUT2D eigenvalue weighted by atomic mass is 9.96. The Labute approximate surface area is 134 Å². The van der Waals surface area contributed by atoms with Gasteiger partial charge in [0.2, 0.25) is 0 Å². The molecule has 0 amide bonds. The van der Waals surface area contributed by atoms with Gasteiger partial charge in [-0.1, -0.05) is 48.6 Å². The van der Waals surface area contributed by atoms with Crippen LogP contribution in [0.5, 0.6) is 0 Å². The fourth-order valence-corrected chi connectivity index (χ4v) is 2.39. The third-order valence-electron chi connectivity index (χ3n) is 3.71. The summed E-state index contributed by atoms with van der Waals surface area (Å²) in [7, 11) is 0. The number of carboxylic acid groups (broad SMARTS) is 2. The Morgan fingerprint density at radius 1 is 1.04 bits per heavy atom. The molecule has 0 bridgehead atoms. The minimum absolute atomic E-state index is 0.0905. The molecule has 2 atom stereocenters. The molecule has 0 saturated heterocycles. The van der Waals surface area contributed by atoms with Crippen molar-refractivity contribution in [3.05, 3.63) is 54.1 Å². The van der Waals surface area contributed by atoms with Crippen molar-refractivity contribution in [1.82, 2.24) is 0 Å². The first-order valence-electron chi connectivity index (χ1n) is 7.34. The Morgan fingerprint density at radius 3 is 2.39 bits per heavy atom. The van der Waals surface area contributed by atoms with E-state index in [4.69, 9.17) is 15.9 Å². The average Bonchev–Trinajstić information content (AvgIpc) is 2.53. The van der Waals surface area contributed by atoms with Crippen molar-refractivity contribution >= 4 is 28.8 Å². The van der Waals surface area contributed by atoms with Crippen molar-refractivity contribution in [3.63, 3.8) is 0 Å².